The van der Waals surface area contributed by atoms with Crippen molar-refractivity contribution in [3.8, 4) is 5.75 Å². The van der Waals surface area contributed by atoms with Crippen LogP contribution >= 0.6 is 0 Å². The minimum Gasteiger partial charge on any atom is -0.497 e. The van der Waals surface area contributed by atoms with E-state index in [1.54, 1.807) is 13.3 Å². The highest BCUT2D eigenvalue weighted by molar-refractivity contribution is 5.93. The van der Waals surface area contributed by atoms with E-state index in [0.29, 0.717) is 18.2 Å². The number of aromatic nitrogens is 1. The predicted octanol–water partition coefficient (Wildman–Crippen LogP) is 5.09. The summed E-state index contributed by atoms with van der Waals surface area (Å²) in [6, 6.07) is 16.2. The quantitative estimate of drug-likeness (QED) is 0.558. The lowest BCUT2D eigenvalue weighted by atomic mass is 9.82. The van der Waals surface area contributed by atoms with Gasteiger partial charge in [0.1, 0.15) is 5.75 Å². The highest BCUT2D eigenvalue weighted by Crippen LogP contribution is 2.36. The van der Waals surface area contributed by atoms with E-state index in [9.17, 15) is 9.90 Å². The number of carboxylic acids is 1. The summed E-state index contributed by atoms with van der Waals surface area (Å²) >= 11 is 0. The minimum atomic E-state index is -0.945. The molecule has 0 aliphatic heterocycles. The zero-order chi connectivity index (χ0) is 21.8. The molecular formula is C25H27N3O3. The second kappa shape index (κ2) is 9.08. The Labute approximate surface area is 182 Å². The molecule has 31 heavy (non-hydrogen) atoms. The van der Waals surface area contributed by atoms with Crippen molar-refractivity contribution < 1.29 is 14.6 Å². The number of hydrogen-bond donors (Lipinski definition) is 2. The number of nitrogens with one attached hydrogen (secondary N) is 1. The number of ether oxygens (including phenoxy) is 1. The van der Waals surface area contributed by atoms with Gasteiger partial charge in [-0.3, -0.25) is 4.98 Å². The van der Waals surface area contributed by atoms with Gasteiger partial charge in [0.2, 0.25) is 0 Å². The van der Waals surface area contributed by atoms with Crippen LogP contribution in [0.15, 0.2) is 60.9 Å². The van der Waals surface area contributed by atoms with Crippen molar-refractivity contribution in [1.82, 2.24) is 4.98 Å². The van der Waals surface area contributed by atoms with Crippen molar-refractivity contribution in [2.75, 3.05) is 30.9 Å². The topological polar surface area (TPSA) is 74.7 Å². The molecule has 0 amide bonds. The molecule has 6 nitrogen and oxygen atoms in total. The largest absolute Gasteiger partial charge is 0.497 e. The van der Waals surface area contributed by atoms with Gasteiger partial charge in [0.15, 0.2) is 0 Å². The van der Waals surface area contributed by atoms with Crippen molar-refractivity contribution in [2.24, 2.45) is 0 Å². The Balaban J connectivity index is 1.53. The molecule has 1 aromatic heterocycles. The molecule has 0 spiro atoms. The number of aryl methyl sites for hydroxylation is 1. The van der Waals surface area contributed by atoms with Crippen LogP contribution in [0.4, 0.5) is 17.1 Å². The molecule has 0 bridgehead atoms. The highest BCUT2D eigenvalue weighted by Gasteiger charge is 2.22. The number of carboxylic acid groups (broad SMARTS) is 1. The minimum absolute atomic E-state index is 0.251. The summed E-state index contributed by atoms with van der Waals surface area (Å²) in [6.45, 7) is 0.685. The number of pyridine rings is 1. The summed E-state index contributed by atoms with van der Waals surface area (Å²) in [7, 11) is 3.74. The van der Waals surface area contributed by atoms with Crippen molar-refractivity contribution in [2.45, 2.75) is 25.2 Å². The Hall–Kier alpha value is -3.54. The number of rotatable bonds is 7. The van der Waals surface area contributed by atoms with E-state index in [-0.39, 0.29) is 5.56 Å². The average Bonchev–Trinajstić information content (AvgIpc) is 2.82. The molecule has 1 aliphatic carbocycles. The van der Waals surface area contributed by atoms with Crippen LogP contribution in [0.2, 0.25) is 0 Å². The van der Waals surface area contributed by atoms with Crippen LogP contribution in [0.25, 0.3) is 0 Å². The lowest BCUT2D eigenvalue weighted by molar-refractivity contribution is 0.0697. The number of benzene rings is 2. The maximum atomic E-state index is 11.4. The molecule has 2 aromatic carbocycles. The van der Waals surface area contributed by atoms with Gasteiger partial charge < -0.3 is 20.1 Å². The second-order valence-electron chi connectivity index (χ2n) is 7.84. The molecule has 0 saturated heterocycles. The first-order chi connectivity index (χ1) is 15.1. The number of anilines is 3. The number of carbonyl (C=O) groups is 1. The molecule has 2 N–H and O–H groups in total. The van der Waals surface area contributed by atoms with Crippen molar-refractivity contribution >= 4 is 23.0 Å². The lowest BCUT2D eigenvalue weighted by Gasteiger charge is -2.28. The fraction of sp³-hybridized carbons (Fsp3) is 0.280. The summed E-state index contributed by atoms with van der Waals surface area (Å²) in [5, 5.41) is 12.7. The number of nitrogens with zero attached hydrogens (tertiary/aromatic N) is 2. The maximum Gasteiger partial charge on any atom is 0.337 e. The molecular weight excluding hydrogens is 390 g/mol. The molecule has 1 heterocycles. The molecule has 0 fully saturated rings. The standard InChI is InChI=1S/C25H27N3O3/c1-28(19-7-4-8-21(14-19)31-2)20-9-10-22-17(13-20)5-3-6-18(22)15-27-24-16-26-12-11-23(24)25(29)30/h4,7-14,16,18,27H,3,5-6,15H2,1-2H3,(H,29,30)/t18-/m0/s1. The van der Waals surface area contributed by atoms with E-state index in [1.165, 1.54) is 23.4 Å². The summed E-state index contributed by atoms with van der Waals surface area (Å²) < 4.78 is 5.36. The SMILES string of the molecule is COc1cccc(N(C)c2ccc3c(c2)CCC[C@H]3CNc2cnccc2C(=O)O)c1. The summed E-state index contributed by atoms with van der Waals surface area (Å²) in [5.41, 5.74) is 5.72. The monoisotopic (exact) mass is 417 g/mol. The zero-order valence-corrected chi connectivity index (χ0v) is 17.8. The summed E-state index contributed by atoms with van der Waals surface area (Å²) in [6.07, 6.45) is 6.33. The van der Waals surface area contributed by atoms with Gasteiger partial charge in [0.05, 0.1) is 24.6 Å². The van der Waals surface area contributed by atoms with Crippen molar-refractivity contribution in [1.29, 1.82) is 0 Å². The van der Waals surface area contributed by atoms with Gasteiger partial charge in [0.25, 0.3) is 0 Å². The Bertz CT molecular complexity index is 1080. The molecule has 0 saturated carbocycles. The van der Waals surface area contributed by atoms with E-state index >= 15 is 0 Å². The second-order valence-corrected chi connectivity index (χ2v) is 7.84. The third kappa shape index (κ3) is 4.48. The lowest BCUT2D eigenvalue weighted by Crippen LogP contribution is -2.20. The zero-order valence-electron chi connectivity index (χ0n) is 17.8. The van der Waals surface area contributed by atoms with Crippen LogP contribution in [-0.4, -0.2) is 36.8 Å². The van der Waals surface area contributed by atoms with Gasteiger partial charge >= 0.3 is 5.97 Å². The van der Waals surface area contributed by atoms with Crippen LogP contribution < -0.4 is 15.0 Å². The molecule has 1 aliphatic rings. The Kier molecular flexibility index (Phi) is 6.07. The smallest absolute Gasteiger partial charge is 0.337 e. The van der Waals surface area contributed by atoms with Crippen LogP contribution in [0.3, 0.4) is 0 Å². The van der Waals surface area contributed by atoms with Crippen LogP contribution in [-0.2, 0) is 6.42 Å². The highest BCUT2D eigenvalue weighted by atomic mass is 16.5. The van der Waals surface area contributed by atoms with Gasteiger partial charge in [-0.25, -0.2) is 4.79 Å². The average molecular weight is 418 g/mol. The summed E-state index contributed by atoms with van der Waals surface area (Å²) in [4.78, 5) is 17.7. The van der Waals surface area contributed by atoms with E-state index in [0.717, 1.165) is 36.4 Å². The first-order valence-corrected chi connectivity index (χ1v) is 10.5. The van der Waals surface area contributed by atoms with Gasteiger partial charge in [-0.15, -0.1) is 0 Å². The van der Waals surface area contributed by atoms with E-state index in [4.69, 9.17) is 4.74 Å². The van der Waals surface area contributed by atoms with Gasteiger partial charge in [-0.2, -0.15) is 0 Å². The van der Waals surface area contributed by atoms with E-state index in [1.807, 2.05) is 18.2 Å². The normalized spacial score (nSPS) is 15.1. The van der Waals surface area contributed by atoms with E-state index < -0.39 is 5.97 Å². The molecule has 6 heteroatoms. The fourth-order valence-corrected chi connectivity index (χ4v) is 4.25. The van der Waals surface area contributed by atoms with Gasteiger partial charge in [0, 0.05) is 43.1 Å². The van der Waals surface area contributed by atoms with E-state index in [2.05, 4.69) is 46.5 Å². The van der Waals surface area contributed by atoms with Gasteiger partial charge in [-0.1, -0.05) is 12.1 Å². The van der Waals surface area contributed by atoms with Crippen LogP contribution in [0.5, 0.6) is 5.75 Å². The van der Waals surface area contributed by atoms with Crippen molar-refractivity contribution in [3.05, 3.63) is 77.6 Å². The molecule has 0 unspecified atom stereocenters. The van der Waals surface area contributed by atoms with Gasteiger partial charge in [-0.05, 0) is 60.7 Å². The fourth-order valence-electron chi connectivity index (χ4n) is 4.25. The maximum absolute atomic E-state index is 11.4. The number of hydrogen-bond acceptors (Lipinski definition) is 5. The Morgan fingerprint density at radius 1 is 1.23 bits per heavy atom. The van der Waals surface area contributed by atoms with Crippen LogP contribution in [0, 0.1) is 0 Å². The molecule has 1 atom stereocenters. The molecule has 4 rings (SSSR count). The van der Waals surface area contributed by atoms with Crippen molar-refractivity contribution in [3.63, 3.8) is 0 Å². The summed E-state index contributed by atoms with van der Waals surface area (Å²) in [5.74, 6) is 0.227. The predicted molar refractivity (Wildman–Crippen MR) is 123 cm³/mol. The Morgan fingerprint density at radius 3 is 2.87 bits per heavy atom. The first kappa shape index (κ1) is 20.7. The molecule has 3 aromatic rings. The Morgan fingerprint density at radius 2 is 2.06 bits per heavy atom. The number of fused-ring (bicyclic) bond motifs is 1. The number of aromatic carboxylic acids is 1. The first-order valence-electron chi connectivity index (χ1n) is 10.5. The third-order valence-electron chi connectivity index (χ3n) is 5.98. The number of methoxy groups -OCH3 is 1. The molecule has 0 radical (unpaired) electrons. The van der Waals surface area contributed by atoms with Crippen LogP contribution in [0.1, 0.15) is 40.2 Å². The third-order valence-corrected chi connectivity index (χ3v) is 5.98. The molecule has 160 valence electrons.